The summed E-state index contributed by atoms with van der Waals surface area (Å²) in [6.45, 7) is 2.10. The molecule has 10 heteroatoms. The SMILES string of the molecule is C[C@H]1[C@H](O)CN1c1nc(-c2cccc(C3CCS(=O)(=O)N3)c2)c2c(n1)C(F)(F)CC2. The molecule has 1 aromatic heterocycles. The zero-order valence-electron chi connectivity index (χ0n) is 16.3. The maximum atomic E-state index is 14.5. The Morgan fingerprint density at radius 1 is 1.30 bits per heavy atom. The van der Waals surface area contributed by atoms with Crippen molar-refractivity contribution in [2.24, 2.45) is 0 Å². The number of aliphatic hydroxyl groups excluding tert-OH is 1. The van der Waals surface area contributed by atoms with E-state index >= 15 is 0 Å². The van der Waals surface area contributed by atoms with Gasteiger partial charge in [-0.2, -0.15) is 8.78 Å². The number of nitrogens with one attached hydrogen (secondary N) is 1. The molecule has 1 aliphatic carbocycles. The van der Waals surface area contributed by atoms with Crippen molar-refractivity contribution in [2.75, 3.05) is 17.2 Å². The maximum Gasteiger partial charge on any atom is 0.290 e. The third-order valence-corrected chi connectivity index (χ3v) is 7.70. The van der Waals surface area contributed by atoms with E-state index in [4.69, 9.17) is 0 Å². The molecule has 1 aromatic carbocycles. The van der Waals surface area contributed by atoms with E-state index in [2.05, 4.69) is 14.7 Å². The van der Waals surface area contributed by atoms with Crippen LogP contribution < -0.4 is 9.62 Å². The van der Waals surface area contributed by atoms with E-state index in [1.54, 1.807) is 24.0 Å². The molecule has 0 bridgehead atoms. The molecule has 1 unspecified atom stereocenters. The number of fused-ring (bicyclic) bond motifs is 1. The van der Waals surface area contributed by atoms with Crippen LogP contribution in [0.2, 0.25) is 0 Å². The first-order valence-corrected chi connectivity index (χ1v) is 11.6. The van der Waals surface area contributed by atoms with E-state index < -0.39 is 22.0 Å². The summed E-state index contributed by atoms with van der Waals surface area (Å²) in [7, 11) is -3.28. The Hall–Kier alpha value is -2.17. The zero-order chi connectivity index (χ0) is 21.3. The highest BCUT2D eigenvalue weighted by Gasteiger charge is 2.45. The second-order valence-corrected chi connectivity index (χ2v) is 10.1. The number of hydrogen-bond acceptors (Lipinski definition) is 6. The van der Waals surface area contributed by atoms with E-state index in [0.717, 1.165) is 5.56 Å². The lowest BCUT2D eigenvalue weighted by Crippen LogP contribution is -2.59. The maximum absolute atomic E-state index is 14.5. The number of aliphatic hydroxyl groups is 1. The van der Waals surface area contributed by atoms with E-state index in [9.17, 15) is 22.3 Å². The summed E-state index contributed by atoms with van der Waals surface area (Å²) in [4.78, 5) is 10.5. The summed E-state index contributed by atoms with van der Waals surface area (Å²) in [5.74, 6) is -2.76. The Morgan fingerprint density at radius 2 is 2.10 bits per heavy atom. The fourth-order valence-electron chi connectivity index (χ4n) is 4.38. The Kier molecular flexibility index (Phi) is 4.39. The molecular weight excluding hydrogens is 414 g/mol. The average molecular weight is 436 g/mol. The van der Waals surface area contributed by atoms with Gasteiger partial charge in [0.2, 0.25) is 16.0 Å². The van der Waals surface area contributed by atoms with Crippen molar-refractivity contribution in [3.8, 4) is 11.3 Å². The number of benzene rings is 1. The molecule has 3 atom stereocenters. The molecule has 3 aliphatic rings. The summed E-state index contributed by atoms with van der Waals surface area (Å²) in [5.41, 5.74) is 2.07. The lowest BCUT2D eigenvalue weighted by molar-refractivity contribution is -0.00603. The molecule has 5 rings (SSSR count). The molecule has 0 radical (unpaired) electrons. The topological polar surface area (TPSA) is 95.4 Å². The third kappa shape index (κ3) is 3.17. The number of halogens is 2. The average Bonchev–Trinajstić information content (AvgIpc) is 3.24. The molecule has 30 heavy (non-hydrogen) atoms. The van der Waals surface area contributed by atoms with Gasteiger partial charge in [-0.15, -0.1) is 0 Å². The Labute approximate surface area is 173 Å². The number of sulfonamides is 1. The van der Waals surface area contributed by atoms with Gasteiger partial charge in [0.25, 0.3) is 5.92 Å². The number of alkyl halides is 2. The largest absolute Gasteiger partial charge is 0.389 e. The van der Waals surface area contributed by atoms with Crippen molar-refractivity contribution in [1.82, 2.24) is 14.7 Å². The quantitative estimate of drug-likeness (QED) is 0.765. The van der Waals surface area contributed by atoms with E-state index in [0.29, 0.717) is 29.8 Å². The molecule has 7 nitrogen and oxygen atoms in total. The molecular formula is C20H22F2N4O3S. The van der Waals surface area contributed by atoms with Crippen LogP contribution in [-0.2, 0) is 22.4 Å². The van der Waals surface area contributed by atoms with Crippen LogP contribution in [0, 0.1) is 0 Å². The van der Waals surface area contributed by atoms with Gasteiger partial charge in [-0.3, -0.25) is 0 Å². The van der Waals surface area contributed by atoms with Crippen LogP contribution in [0.5, 0.6) is 0 Å². The first-order valence-electron chi connectivity index (χ1n) is 9.99. The molecule has 2 saturated heterocycles. The molecule has 3 heterocycles. The molecule has 2 fully saturated rings. The first kappa shape index (κ1) is 19.8. The summed E-state index contributed by atoms with van der Waals surface area (Å²) >= 11 is 0. The van der Waals surface area contributed by atoms with Gasteiger partial charge in [-0.1, -0.05) is 18.2 Å². The highest BCUT2D eigenvalue weighted by molar-refractivity contribution is 7.89. The van der Waals surface area contributed by atoms with Gasteiger partial charge >= 0.3 is 0 Å². The monoisotopic (exact) mass is 436 g/mol. The predicted molar refractivity (Wildman–Crippen MR) is 107 cm³/mol. The number of nitrogens with zero attached hydrogens (tertiary/aromatic N) is 3. The van der Waals surface area contributed by atoms with Crippen LogP contribution in [0.1, 0.15) is 42.6 Å². The molecule has 0 saturated carbocycles. The summed E-state index contributed by atoms with van der Waals surface area (Å²) in [6, 6.07) is 6.64. The molecule has 2 aliphatic heterocycles. The van der Waals surface area contributed by atoms with E-state index in [1.807, 2.05) is 12.1 Å². The van der Waals surface area contributed by atoms with Crippen LogP contribution in [0.25, 0.3) is 11.3 Å². The molecule has 0 spiro atoms. The van der Waals surface area contributed by atoms with Crippen molar-refractivity contribution >= 4 is 16.0 Å². The highest BCUT2D eigenvalue weighted by atomic mass is 32.2. The van der Waals surface area contributed by atoms with Crippen LogP contribution in [0.3, 0.4) is 0 Å². The van der Waals surface area contributed by atoms with Crippen molar-refractivity contribution in [3.05, 3.63) is 41.1 Å². The number of aromatic nitrogens is 2. The van der Waals surface area contributed by atoms with Crippen molar-refractivity contribution in [3.63, 3.8) is 0 Å². The van der Waals surface area contributed by atoms with Crippen LogP contribution >= 0.6 is 0 Å². The van der Waals surface area contributed by atoms with Crippen LogP contribution in [0.4, 0.5) is 14.7 Å². The second kappa shape index (κ2) is 6.66. The Balaban J connectivity index is 1.59. The fraction of sp³-hybridized carbons (Fsp3) is 0.500. The summed E-state index contributed by atoms with van der Waals surface area (Å²) in [5, 5.41) is 9.83. The van der Waals surface area contributed by atoms with Crippen molar-refractivity contribution < 1.29 is 22.3 Å². The Bertz CT molecular complexity index is 1130. The third-order valence-electron chi connectivity index (χ3n) is 6.28. The van der Waals surface area contributed by atoms with Gasteiger partial charge in [0, 0.05) is 30.1 Å². The molecule has 2 aromatic rings. The fourth-order valence-corrected chi connectivity index (χ4v) is 5.73. The predicted octanol–water partition coefficient (Wildman–Crippen LogP) is 2.12. The lowest BCUT2D eigenvalue weighted by atomic mass is 9.98. The second-order valence-electron chi connectivity index (χ2n) is 8.27. The van der Waals surface area contributed by atoms with Gasteiger partial charge < -0.3 is 10.0 Å². The van der Waals surface area contributed by atoms with Gasteiger partial charge in [0.1, 0.15) is 5.69 Å². The number of anilines is 1. The number of rotatable bonds is 3. The minimum Gasteiger partial charge on any atom is -0.389 e. The highest BCUT2D eigenvalue weighted by Crippen LogP contribution is 2.45. The smallest absolute Gasteiger partial charge is 0.290 e. The first-order chi connectivity index (χ1) is 14.1. The van der Waals surface area contributed by atoms with Gasteiger partial charge in [0.15, 0.2) is 0 Å². The van der Waals surface area contributed by atoms with Crippen molar-refractivity contribution in [2.45, 2.75) is 50.3 Å². The van der Waals surface area contributed by atoms with Crippen molar-refractivity contribution in [1.29, 1.82) is 0 Å². The minimum atomic E-state index is -3.28. The van der Waals surface area contributed by atoms with E-state index in [-0.39, 0.29) is 42.3 Å². The molecule has 2 N–H and O–H groups in total. The summed E-state index contributed by atoms with van der Waals surface area (Å²) < 4.78 is 55.3. The van der Waals surface area contributed by atoms with Gasteiger partial charge in [-0.25, -0.2) is 23.1 Å². The lowest BCUT2D eigenvalue weighted by Gasteiger charge is -2.43. The van der Waals surface area contributed by atoms with E-state index in [1.165, 1.54) is 0 Å². The number of hydrogen-bond donors (Lipinski definition) is 2. The standard InChI is InChI=1S/C20H22F2N4O3S/c1-11-16(27)10-26(11)19-23-17(14-5-7-20(21,22)18(14)24-19)13-4-2-3-12(9-13)15-6-8-30(28,29)25-15/h2-4,9,11,15-16,25,27H,5-8,10H2,1H3/t11-,15?,16+/m0/s1. The zero-order valence-corrected chi connectivity index (χ0v) is 17.2. The van der Waals surface area contributed by atoms with Gasteiger partial charge in [-0.05, 0) is 31.4 Å². The summed E-state index contributed by atoms with van der Waals surface area (Å²) in [6.07, 6.45) is -0.214. The number of β-amino-alcohol motifs (C(OH)–C–C–N with tert-alkyl or cyclic N) is 1. The van der Waals surface area contributed by atoms with Crippen LogP contribution in [0.15, 0.2) is 24.3 Å². The minimum absolute atomic E-state index is 0.0658. The van der Waals surface area contributed by atoms with Crippen LogP contribution in [-0.4, -0.2) is 47.9 Å². The molecule has 160 valence electrons. The molecule has 0 amide bonds. The van der Waals surface area contributed by atoms with Gasteiger partial charge in [0.05, 0.1) is 23.6 Å². The Morgan fingerprint density at radius 3 is 2.77 bits per heavy atom. The normalized spacial score (nSPS) is 28.9.